The third kappa shape index (κ3) is 5.53. The lowest BCUT2D eigenvalue weighted by atomic mass is 10.2. The molecule has 0 bridgehead atoms. The van der Waals surface area contributed by atoms with Gasteiger partial charge >= 0.3 is 0 Å². The largest absolute Gasteiger partial charge is 0.301 e. The van der Waals surface area contributed by atoms with Crippen molar-refractivity contribution < 1.29 is 0 Å². The first-order valence-corrected chi connectivity index (χ1v) is 11.4. The molecule has 2 nitrogen and oxygen atoms in total. The van der Waals surface area contributed by atoms with E-state index in [-0.39, 0.29) is 0 Å². The highest BCUT2D eigenvalue weighted by atomic mass is 32.2. The molecule has 0 saturated carbocycles. The number of hydrogen-bond acceptors (Lipinski definition) is 4. The monoisotopic (exact) mass is 386 g/mol. The van der Waals surface area contributed by atoms with Crippen molar-refractivity contribution >= 4 is 23.5 Å². The van der Waals surface area contributed by atoms with E-state index >= 15 is 0 Å². The normalized spacial score (nSPS) is 20.8. The van der Waals surface area contributed by atoms with Crippen LogP contribution in [0.2, 0.25) is 0 Å². The molecule has 0 radical (unpaired) electrons. The van der Waals surface area contributed by atoms with E-state index in [0.717, 1.165) is 19.6 Å². The maximum Gasteiger partial charge on any atom is 0.0245 e. The molecule has 0 fully saturated rings. The fourth-order valence-corrected chi connectivity index (χ4v) is 5.71. The summed E-state index contributed by atoms with van der Waals surface area (Å²) in [4.78, 5) is 7.82. The Balaban J connectivity index is 0.000000151. The van der Waals surface area contributed by atoms with Gasteiger partial charge in [-0.3, -0.25) is 4.90 Å². The molecule has 0 N–H and O–H groups in total. The van der Waals surface area contributed by atoms with Crippen LogP contribution in [-0.4, -0.2) is 47.5 Å². The van der Waals surface area contributed by atoms with E-state index in [1.165, 1.54) is 39.8 Å². The Morgan fingerprint density at radius 1 is 0.962 bits per heavy atom. The summed E-state index contributed by atoms with van der Waals surface area (Å²) < 4.78 is 0. The van der Waals surface area contributed by atoms with Gasteiger partial charge in [0.2, 0.25) is 0 Å². The van der Waals surface area contributed by atoms with Crippen molar-refractivity contribution in [2.24, 2.45) is 0 Å². The zero-order valence-electron chi connectivity index (χ0n) is 16.1. The van der Waals surface area contributed by atoms with Crippen LogP contribution in [-0.2, 0) is 13.1 Å². The number of benzene rings is 2. The fourth-order valence-electron chi connectivity index (χ4n) is 3.45. The van der Waals surface area contributed by atoms with Crippen LogP contribution in [0.5, 0.6) is 0 Å². The zero-order chi connectivity index (χ0) is 18.4. The topological polar surface area (TPSA) is 6.48 Å². The van der Waals surface area contributed by atoms with Crippen molar-refractivity contribution in [2.75, 3.05) is 32.4 Å². The smallest absolute Gasteiger partial charge is 0.0245 e. The minimum atomic E-state index is 0.702. The fraction of sp³-hybridized carbons (Fsp3) is 0.455. The Morgan fingerprint density at radius 2 is 1.62 bits per heavy atom. The molecule has 4 heteroatoms. The van der Waals surface area contributed by atoms with Crippen molar-refractivity contribution in [3.05, 3.63) is 59.7 Å². The number of fused-ring (bicyclic) bond motifs is 2. The highest BCUT2D eigenvalue weighted by molar-refractivity contribution is 8.00. The van der Waals surface area contributed by atoms with Crippen LogP contribution in [0.4, 0.5) is 0 Å². The Bertz CT molecular complexity index is 675. The molecule has 0 aliphatic carbocycles. The van der Waals surface area contributed by atoms with Crippen LogP contribution in [0.1, 0.15) is 25.0 Å². The molecule has 4 rings (SSSR count). The Morgan fingerprint density at radius 3 is 2.35 bits per heavy atom. The molecule has 2 aromatic rings. The van der Waals surface area contributed by atoms with E-state index in [1.807, 2.05) is 23.5 Å². The highest BCUT2D eigenvalue weighted by Crippen LogP contribution is 2.30. The summed E-state index contributed by atoms with van der Waals surface area (Å²) in [5, 5.41) is 0.702. The molecule has 0 spiro atoms. The molecule has 0 saturated heterocycles. The van der Waals surface area contributed by atoms with Gasteiger partial charge in [-0.15, -0.1) is 23.5 Å². The summed E-state index contributed by atoms with van der Waals surface area (Å²) >= 11 is 3.98. The quantitative estimate of drug-likeness (QED) is 0.662. The van der Waals surface area contributed by atoms with Gasteiger partial charge in [-0.2, -0.15) is 0 Å². The van der Waals surface area contributed by atoms with E-state index in [0.29, 0.717) is 5.25 Å². The van der Waals surface area contributed by atoms with Gasteiger partial charge < -0.3 is 4.90 Å². The molecule has 2 heterocycles. The van der Waals surface area contributed by atoms with Crippen LogP contribution in [0, 0.1) is 0 Å². The summed E-state index contributed by atoms with van der Waals surface area (Å²) in [5.74, 6) is 1.23. The average molecular weight is 387 g/mol. The van der Waals surface area contributed by atoms with Gasteiger partial charge in [0.15, 0.2) is 0 Å². The second-order valence-electron chi connectivity index (χ2n) is 7.06. The first kappa shape index (κ1) is 19.8. The minimum Gasteiger partial charge on any atom is -0.301 e. The molecular weight excluding hydrogens is 356 g/mol. The van der Waals surface area contributed by atoms with Gasteiger partial charge in [0.1, 0.15) is 0 Å². The molecular formula is C22H30N2S2. The van der Waals surface area contributed by atoms with Gasteiger partial charge in [0, 0.05) is 47.0 Å². The lowest BCUT2D eigenvalue weighted by Crippen LogP contribution is -2.23. The van der Waals surface area contributed by atoms with E-state index in [4.69, 9.17) is 0 Å². The molecule has 0 aromatic heterocycles. The minimum absolute atomic E-state index is 0.702. The first-order valence-electron chi connectivity index (χ1n) is 9.52. The molecule has 1 unspecified atom stereocenters. The van der Waals surface area contributed by atoms with Crippen molar-refractivity contribution in [3.8, 4) is 0 Å². The van der Waals surface area contributed by atoms with Crippen molar-refractivity contribution in [1.29, 1.82) is 0 Å². The standard InChI is InChI=1S/2C11H15NS/c1-9-7-12(2)8-10-5-3-4-6-11(10)13-9;1-2-12-7-8-13-11-6-4-3-5-10(11)9-12/h3-6,9H,7-8H2,1-2H3;3-6H,2,7-9H2,1H3. The molecule has 2 aliphatic heterocycles. The van der Waals surface area contributed by atoms with Crippen LogP contribution >= 0.6 is 23.5 Å². The second kappa shape index (κ2) is 9.84. The number of hydrogen-bond donors (Lipinski definition) is 0. The predicted octanol–water partition coefficient (Wildman–Crippen LogP) is 5.23. The van der Waals surface area contributed by atoms with Crippen LogP contribution in [0.15, 0.2) is 58.3 Å². The maximum absolute atomic E-state index is 2.50. The molecule has 26 heavy (non-hydrogen) atoms. The summed E-state index contributed by atoms with van der Waals surface area (Å²) in [6.07, 6.45) is 0. The van der Waals surface area contributed by atoms with E-state index in [9.17, 15) is 0 Å². The van der Waals surface area contributed by atoms with Gasteiger partial charge in [0.25, 0.3) is 0 Å². The first-order chi connectivity index (χ1) is 12.7. The SMILES string of the molecule is CC1CN(C)Cc2ccccc2S1.CCN1CCSc2ccccc2C1. The lowest BCUT2D eigenvalue weighted by Gasteiger charge is -2.16. The Hall–Kier alpha value is -0.940. The zero-order valence-corrected chi connectivity index (χ0v) is 17.8. The Kier molecular flexibility index (Phi) is 7.50. The van der Waals surface area contributed by atoms with E-state index < -0.39 is 0 Å². The van der Waals surface area contributed by atoms with E-state index in [1.54, 1.807) is 0 Å². The number of nitrogens with zero attached hydrogens (tertiary/aromatic N) is 2. The summed E-state index contributed by atoms with van der Waals surface area (Å²) in [6.45, 7) is 10.3. The van der Waals surface area contributed by atoms with Crippen molar-refractivity contribution in [3.63, 3.8) is 0 Å². The van der Waals surface area contributed by atoms with Crippen molar-refractivity contribution in [2.45, 2.75) is 42.0 Å². The van der Waals surface area contributed by atoms with Crippen LogP contribution < -0.4 is 0 Å². The number of rotatable bonds is 1. The third-order valence-electron chi connectivity index (χ3n) is 4.79. The molecule has 2 aromatic carbocycles. The molecule has 2 aliphatic rings. The highest BCUT2D eigenvalue weighted by Gasteiger charge is 2.16. The van der Waals surface area contributed by atoms with Gasteiger partial charge in [0.05, 0.1) is 0 Å². The van der Waals surface area contributed by atoms with E-state index in [2.05, 4.69) is 79.2 Å². The second-order valence-corrected chi connectivity index (χ2v) is 9.67. The molecule has 140 valence electrons. The van der Waals surface area contributed by atoms with Gasteiger partial charge in [-0.05, 0) is 36.9 Å². The van der Waals surface area contributed by atoms with Crippen LogP contribution in [0.3, 0.4) is 0 Å². The van der Waals surface area contributed by atoms with Gasteiger partial charge in [-0.1, -0.05) is 50.2 Å². The number of thioether (sulfide) groups is 2. The molecule has 0 amide bonds. The third-order valence-corrected chi connectivity index (χ3v) is 7.09. The maximum atomic E-state index is 2.50. The molecule has 1 atom stereocenters. The Labute approximate surface area is 167 Å². The van der Waals surface area contributed by atoms with Crippen LogP contribution in [0.25, 0.3) is 0 Å². The summed E-state index contributed by atoms with van der Waals surface area (Å²) in [7, 11) is 2.19. The average Bonchev–Trinajstić information content (AvgIpc) is 2.93. The lowest BCUT2D eigenvalue weighted by molar-refractivity contribution is 0.299. The predicted molar refractivity (Wildman–Crippen MR) is 116 cm³/mol. The summed E-state index contributed by atoms with van der Waals surface area (Å²) in [6, 6.07) is 17.5. The summed E-state index contributed by atoms with van der Waals surface area (Å²) in [5.41, 5.74) is 2.96. The van der Waals surface area contributed by atoms with Crippen molar-refractivity contribution in [1.82, 2.24) is 9.80 Å². The van der Waals surface area contributed by atoms with Gasteiger partial charge in [-0.25, -0.2) is 0 Å².